The molecule has 5 aromatic rings. The van der Waals surface area contributed by atoms with Gasteiger partial charge < -0.3 is 47.0 Å². The van der Waals surface area contributed by atoms with Crippen molar-refractivity contribution in [3.05, 3.63) is 130 Å². The van der Waals surface area contributed by atoms with Gasteiger partial charge >= 0.3 is 42.2 Å². The molecule has 7 rings (SSSR count). The quantitative estimate of drug-likeness (QED) is 0.0309. The summed E-state index contributed by atoms with van der Waals surface area (Å²) >= 11 is 0. The van der Waals surface area contributed by atoms with E-state index < -0.39 is 81.6 Å². The first-order chi connectivity index (χ1) is 27.1. The number of carbonyl (C=O) groups excluding carboxylic acids is 5. The number of anilines is 4. The molecule has 14 nitrogen and oxygen atoms in total. The first kappa shape index (κ1) is 39.9. The van der Waals surface area contributed by atoms with Crippen LogP contribution in [0.5, 0.6) is 23.0 Å². The number of esters is 5. The van der Waals surface area contributed by atoms with E-state index >= 15 is 0 Å². The van der Waals surface area contributed by atoms with Crippen LogP contribution in [-0.2, 0) is 14.9 Å². The number of carbonyl (C=O) groups is 5. The van der Waals surface area contributed by atoms with Gasteiger partial charge in [0.15, 0.2) is 5.75 Å². The van der Waals surface area contributed by atoms with E-state index in [1.165, 1.54) is 54.6 Å². The number of alkyl halides is 6. The molecular formula is C38H24F6N4O10. The zero-order valence-electron chi connectivity index (χ0n) is 28.9. The van der Waals surface area contributed by atoms with E-state index in [-0.39, 0.29) is 50.7 Å². The Labute approximate surface area is 320 Å². The Bertz CT molecular complexity index is 2460. The molecule has 0 saturated carbocycles. The van der Waals surface area contributed by atoms with Crippen molar-refractivity contribution in [2.75, 3.05) is 22.9 Å². The molecule has 0 spiro atoms. The lowest BCUT2D eigenvalue weighted by atomic mass is 9.72. The van der Waals surface area contributed by atoms with Crippen molar-refractivity contribution in [3.8, 4) is 23.0 Å². The Kier molecular flexibility index (Phi) is 9.90. The Morgan fingerprint density at radius 3 is 1.45 bits per heavy atom. The first-order valence-electron chi connectivity index (χ1n) is 16.1. The summed E-state index contributed by atoms with van der Waals surface area (Å²) in [6.45, 7) is 0. The van der Waals surface area contributed by atoms with Crippen molar-refractivity contribution in [1.29, 1.82) is 0 Å². The highest BCUT2D eigenvalue weighted by atomic mass is 19.4. The third kappa shape index (κ3) is 7.20. The molecule has 9 N–H and O–H groups in total. The molecule has 0 aromatic heterocycles. The zero-order chi connectivity index (χ0) is 42.5. The third-order valence-corrected chi connectivity index (χ3v) is 8.64. The predicted octanol–water partition coefficient (Wildman–Crippen LogP) is 6.45. The predicted molar refractivity (Wildman–Crippen MR) is 189 cm³/mol. The standard InChI is InChI=1S/C22H18F6N4O3.C16H6O7/c23-21(24,25)20(22(26,27)28,11-1-3-17(33)15(31)7-11)12-2-4-18(16(32)8-12)35-19(34)10-5-13(29)9-14(30)6-10;17-13-9-3-1-7(5-11(9)15(19)22-13)21-8-2-4-10-12(6-8)16(20)23-14(10)18/h1-9,33H,29-32H2;1-6H. The van der Waals surface area contributed by atoms with Crippen molar-refractivity contribution in [2.45, 2.75) is 17.8 Å². The maximum absolute atomic E-state index is 14.2. The van der Waals surface area contributed by atoms with E-state index in [0.717, 1.165) is 0 Å². The minimum absolute atomic E-state index is 0.114. The van der Waals surface area contributed by atoms with Crippen molar-refractivity contribution in [2.24, 2.45) is 0 Å². The highest BCUT2D eigenvalue weighted by Gasteiger charge is 2.72. The molecule has 58 heavy (non-hydrogen) atoms. The summed E-state index contributed by atoms with van der Waals surface area (Å²) in [6, 6.07) is 15.4. The van der Waals surface area contributed by atoms with Crippen molar-refractivity contribution in [1.82, 2.24) is 0 Å². The number of halogens is 6. The SMILES string of the molecule is Nc1cc(N)cc(C(=O)Oc2ccc(C(c3ccc(O)c(N)c3)(C(F)(F)F)C(F)(F)F)cc2N)c1.O=C1OC(=O)c2cc(Oc3ccc4c(c3)C(=O)OC4=O)ccc21. The number of benzene rings is 5. The molecule has 2 aliphatic rings. The third-order valence-electron chi connectivity index (χ3n) is 8.64. The molecular weight excluding hydrogens is 786 g/mol. The van der Waals surface area contributed by atoms with Gasteiger partial charge in [-0.25, -0.2) is 24.0 Å². The molecule has 20 heteroatoms. The van der Waals surface area contributed by atoms with E-state index in [1.54, 1.807) is 0 Å². The summed E-state index contributed by atoms with van der Waals surface area (Å²) in [7, 11) is 0. The van der Waals surface area contributed by atoms with Crippen LogP contribution >= 0.6 is 0 Å². The van der Waals surface area contributed by atoms with Gasteiger partial charge in [0.05, 0.1) is 39.2 Å². The number of nitrogens with two attached hydrogens (primary N) is 4. The second kappa shape index (κ2) is 14.4. The number of cyclic esters (lactones) is 4. The largest absolute Gasteiger partial charge is 0.506 e. The number of nitrogen functional groups attached to an aromatic ring is 4. The van der Waals surface area contributed by atoms with E-state index in [1.807, 2.05) is 0 Å². The fourth-order valence-electron chi connectivity index (χ4n) is 5.99. The lowest BCUT2D eigenvalue weighted by Crippen LogP contribution is -2.54. The second-order valence-corrected chi connectivity index (χ2v) is 12.4. The van der Waals surface area contributed by atoms with Gasteiger partial charge in [0.2, 0.25) is 5.41 Å². The number of fused-ring (bicyclic) bond motifs is 2. The van der Waals surface area contributed by atoms with E-state index in [4.69, 9.17) is 32.4 Å². The molecule has 0 fully saturated rings. The maximum Gasteiger partial charge on any atom is 0.411 e. The molecule has 0 bridgehead atoms. The van der Waals surface area contributed by atoms with Gasteiger partial charge in [0.25, 0.3) is 0 Å². The van der Waals surface area contributed by atoms with Crippen molar-refractivity contribution in [3.63, 3.8) is 0 Å². The second-order valence-electron chi connectivity index (χ2n) is 12.4. The molecule has 2 aliphatic heterocycles. The smallest absolute Gasteiger partial charge is 0.411 e. The topological polar surface area (TPSA) is 247 Å². The van der Waals surface area contributed by atoms with Gasteiger partial charge in [-0.15, -0.1) is 0 Å². The van der Waals surface area contributed by atoms with Crippen LogP contribution in [0.1, 0.15) is 62.9 Å². The normalized spacial score (nSPS) is 13.5. The minimum Gasteiger partial charge on any atom is -0.506 e. The van der Waals surface area contributed by atoms with Crippen LogP contribution in [0.25, 0.3) is 0 Å². The average molecular weight is 811 g/mol. The van der Waals surface area contributed by atoms with Gasteiger partial charge in [-0.3, -0.25) is 0 Å². The fraction of sp³-hybridized carbons (Fsp3) is 0.0789. The van der Waals surface area contributed by atoms with Crippen LogP contribution in [-0.4, -0.2) is 47.3 Å². The van der Waals surface area contributed by atoms with Crippen molar-refractivity contribution < 1.29 is 74.4 Å². The number of hydrogen-bond acceptors (Lipinski definition) is 14. The van der Waals surface area contributed by atoms with E-state index in [2.05, 4.69) is 9.47 Å². The molecule has 298 valence electrons. The highest BCUT2D eigenvalue weighted by molar-refractivity contribution is 6.15. The lowest BCUT2D eigenvalue weighted by Gasteiger charge is -2.38. The highest BCUT2D eigenvalue weighted by Crippen LogP contribution is 2.57. The summed E-state index contributed by atoms with van der Waals surface area (Å²) in [6.07, 6.45) is -11.8. The van der Waals surface area contributed by atoms with Crippen LogP contribution in [0, 0.1) is 0 Å². The molecule has 0 radical (unpaired) electrons. The van der Waals surface area contributed by atoms with Crippen LogP contribution in [0.3, 0.4) is 0 Å². The Balaban J connectivity index is 0.000000212. The summed E-state index contributed by atoms with van der Waals surface area (Å²) in [5, 5.41) is 9.51. The van der Waals surface area contributed by atoms with Gasteiger partial charge in [0.1, 0.15) is 17.2 Å². The Morgan fingerprint density at radius 1 is 0.552 bits per heavy atom. The molecule has 5 aromatic carbocycles. The van der Waals surface area contributed by atoms with E-state index in [9.17, 15) is 55.4 Å². The molecule has 0 unspecified atom stereocenters. The molecule has 0 saturated heterocycles. The van der Waals surface area contributed by atoms with Crippen LogP contribution in [0.15, 0.2) is 91.0 Å². The van der Waals surface area contributed by atoms with Crippen LogP contribution in [0.2, 0.25) is 0 Å². The average Bonchev–Trinajstić information content (AvgIpc) is 3.57. The summed E-state index contributed by atoms with van der Waals surface area (Å²) in [5.74, 6) is -4.55. The number of ether oxygens (including phenoxy) is 4. The number of hydrogen-bond donors (Lipinski definition) is 5. The Morgan fingerprint density at radius 2 is 1.00 bits per heavy atom. The molecule has 2 heterocycles. The molecule has 0 atom stereocenters. The number of phenolic OH excluding ortho intramolecular Hbond substituents is 1. The number of phenols is 1. The van der Waals surface area contributed by atoms with Gasteiger partial charge in [-0.2, -0.15) is 26.3 Å². The van der Waals surface area contributed by atoms with Crippen LogP contribution < -0.4 is 32.4 Å². The van der Waals surface area contributed by atoms with Gasteiger partial charge in [-0.05, 0) is 90.0 Å². The monoisotopic (exact) mass is 810 g/mol. The van der Waals surface area contributed by atoms with E-state index in [0.29, 0.717) is 36.4 Å². The summed E-state index contributed by atoms with van der Waals surface area (Å²) < 4.78 is 105. The van der Waals surface area contributed by atoms with Crippen LogP contribution in [0.4, 0.5) is 49.1 Å². The summed E-state index contributed by atoms with van der Waals surface area (Å²) in [4.78, 5) is 58.2. The van der Waals surface area contributed by atoms with Crippen molar-refractivity contribution >= 4 is 52.6 Å². The molecule has 0 amide bonds. The zero-order valence-corrected chi connectivity index (χ0v) is 28.9. The fourth-order valence-corrected chi connectivity index (χ4v) is 5.99. The Hall–Kier alpha value is -7.77. The maximum atomic E-state index is 14.2. The molecule has 0 aliphatic carbocycles. The van der Waals surface area contributed by atoms with Gasteiger partial charge in [0, 0.05) is 11.4 Å². The number of rotatable bonds is 6. The number of aromatic hydroxyl groups is 1. The lowest BCUT2D eigenvalue weighted by molar-refractivity contribution is -0.288. The minimum atomic E-state index is -5.92. The summed E-state index contributed by atoms with van der Waals surface area (Å²) in [5.41, 5.74) is 14.4. The first-order valence-corrected chi connectivity index (χ1v) is 16.1. The van der Waals surface area contributed by atoms with Gasteiger partial charge in [-0.1, -0.05) is 12.1 Å².